The lowest BCUT2D eigenvalue weighted by molar-refractivity contribution is 1.12. The van der Waals surface area contributed by atoms with Crippen molar-refractivity contribution in [2.75, 3.05) is 0 Å². The zero-order chi connectivity index (χ0) is 10.8. The van der Waals surface area contributed by atoms with Gasteiger partial charge in [0.25, 0.3) is 0 Å². The molecule has 0 spiro atoms. The van der Waals surface area contributed by atoms with Gasteiger partial charge in [-0.2, -0.15) is 0 Å². The largest absolute Gasteiger partial charge is 0.346 e. The van der Waals surface area contributed by atoms with Crippen LogP contribution in [0.1, 0.15) is 5.56 Å². The molecular weight excluding hydrogens is 272 g/mol. The molecular formula is C11H9BrN2S. The first-order chi connectivity index (χ1) is 7.18. The molecule has 1 N–H and O–H groups in total. The zero-order valence-corrected chi connectivity index (χ0v) is 10.5. The Labute approximate surface area is 102 Å². The van der Waals surface area contributed by atoms with Crippen molar-refractivity contribution >= 4 is 28.1 Å². The van der Waals surface area contributed by atoms with E-state index in [0.717, 1.165) is 21.3 Å². The highest BCUT2D eigenvalue weighted by molar-refractivity contribution is 9.10. The lowest BCUT2D eigenvalue weighted by Crippen LogP contribution is -1.91. The monoisotopic (exact) mass is 280 g/mol. The molecule has 2 rings (SSSR count). The molecule has 0 fully saturated rings. The van der Waals surface area contributed by atoms with Gasteiger partial charge in [0.1, 0.15) is 4.64 Å². The minimum Gasteiger partial charge on any atom is -0.346 e. The molecule has 0 bridgehead atoms. The van der Waals surface area contributed by atoms with E-state index < -0.39 is 0 Å². The van der Waals surface area contributed by atoms with E-state index in [9.17, 15) is 0 Å². The van der Waals surface area contributed by atoms with Crippen molar-refractivity contribution in [3.63, 3.8) is 0 Å². The predicted molar refractivity (Wildman–Crippen MR) is 67.3 cm³/mol. The second-order valence-electron chi connectivity index (χ2n) is 3.21. The number of halogens is 1. The van der Waals surface area contributed by atoms with Gasteiger partial charge >= 0.3 is 0 Å². The molecule has 0 saturated carbocycles. The highest BCUT2D eigenvalue weighted by Crippen LogP contribution is 2.22. The van der Waals surface area contributed by atoms with E-state index in [4.69, 9.17) is 12.2 Å². The second-order valence-corrected chi connectivity index (χ2v) is 4.52. The van der Waals surface area contributed by atoms with Crippen LogP contribution in [0.5, 0.6) is 0 Å². The summed E-state index contributed by atoms with van der Waals surface area (Å²) in [5.41, 5.74) is 3.15. The highest BCUT2D eigenvalue weighted by Gasteiger charge is 2.02. The number of hydrogen-bond acceptors (Lipinski definition) is 2. The maximum Gasteiger partial charge on any atom is 0.132 e. The van der Waals surface area contributed by atoms with E-state index in [1.807, 2.05) is 31.2 Å². The summed E-state index contributed by atoms with van der Waals surface area (Å²) < 4.78 is 1.71. The van der Waals surface area contributed by atoms with Crippen LogP contribution in [0.4, 0.5) is 0 Å². The molecule has 76 valence electrons. The van der Waals surface area contributed by atoms with Crippen molar-refractivity contribution in [2.24, 2.45) is 0 Å². The average Bonchev–Trinajstić information content (AvgIpc) is 2.24. The Balaban J connectivity index is 2.59. The minimum absolute atomic E-state index is 0.645. The van der Waals surface area contributed by atoms with Crippen molar-refractivity contribution < 1.29 is 0 Å². The summed E-state index contributed by atoms with van der Waals surface area (Å²) in [6.45, 7) is 1.98. The van der Waals surface area contributed by atoms with E-state index in [2.05, 4.69) is 25.9 Å². The minimum atomic E-state index is 0.645. The molecule has 2 nitrogen and oxygen atoms in total. The smallest absolute Gasteiger partial charge is 0.132 e. The lowest BCUT2D eigenvalue weighted by atomic mass is 10.1. The lowest BCUT2D eigenvalue weighted by Gasteiger charge is -2.05. The van der Waals surface area contributed by atoms with E-state index in [0.29, 0.717) is 4.64 Å². The van der Waals surface area contributed by atoms with Crippen molar-refractivity contribution in [2.45, 2.75) is 6.92 Å². The van der Waals surface area contributed by atoms with E-state index in [1.54, 1.807) is 6.33 Å². The van der Waals surface area contributed by atoms with Crippen LogP contribution in [0.2, 0.25) is 0 Å². The number of H-pyrrole nitrogens is 1. The van der Waals surface area contributed by atoms with Gasteiger partial charge in [0, 0.05) is 10.0 Å². The van der Waals surface area contributed by atoms with Crippen LogP contribution in [0, 0.1) is 11.6 Å². The summed E-state index contributed by atoms with van der Waals surface area (Å²) >= 11 is 8.53. The molecule has 4 heteroatoms. The third-order valence-electron chi connectivity index (χ3n) is 2.22. The normalized spacial score (nSPS) is 10.3. The van der Waals surface area contributed by atoms with Crippen molar-refractivity contribution in [3.05, 3.63) is 45.3 Å². The maximum absolute atomic E-state index is 5.13. The van der Waals surface area contributed by atoms with E-state index >= 15 is 0 Å². The Morgan fingerprint density at radius 1 is 1.27 bits per heavy atom. The van der Waals surface area contributed by atoms with Crippen LogP contribution in [0.25, 0.3) is 11.3 Å². The fraction of sp³-hybridized carbons (Fsp3) is 0.0909. The first kappa shape index (κ1) is 10.5. The number of nitrogens with zero attached hydrogens (tertiary/aromatic N) is 1. The van der Waals surface area contributed by atoms with E-state index in [-0.39, 0.29) is 0 Å². The Morgan fingerprint density at radius 3 is 2.60 bits per heavy atom. The molecule has 0 radical (unpaired) electrons. The highest BCUT2D eigenvalue weighted by atomic mass is 79.9. The molecule has 0 unspecified atom stereocenters. The van der Waals surface area contributed by atoms with Crippen LogP contribution in [0.15, 0.2) is 35.1 Å². The van der Waals surface area contributed by atoms with Crippen molar-refractivity contribution in [1.29, 1.82) is 0 Å². The Morgan fingerprint density at radius 2 is 1.93 bits per heavy atom. The number of rotatable bonds is 1. The third kappa shape index (κ3) is 2.16. The van der Waals surface area contributed by atoms with Crippen molar-refractivity contribution in [1.82, 2.24) is 9.97 Å². The van der Waals surface area contributed by atoms with Gasteiger partial charge in [0.2, 0.25) is 0 Å². The van der Waals surface area contributed by atoms with Crippen LogP contribution >= 0.6 is 28.1 Å². The Kier molecular flexibility index (Phi) is 2.98. The van der Waals surface area contributed by atoms with Gasteiger partial charge in [-0.3, -0.25) is 0 Å². The summed E-state index contributed by atoms with van der Waals surface area (Å²) in [6.07, 6.45) is 1.63. The molecule has 0 atom stereocenters. The van der Waals surface area contributed by atoms with Gasteiger partial charge < -0.3 is 4.98 Å². The zero-order valence-electron chi connectivity index (χ0n) is 8.12. The number of aromatic nitrogens is 2. The molecule has 0 saturated heterocycles. The standard InChI is InChI=1S/C11H9BrN2S/c1-7-10(13-6-14-11(7)15)8-2-4-9(12)5-3-8/h2-6H,1H3,(H,13,14,15). The van der Waals surface area contributed by atoms with Crippen LogP contribution in [0.3, 0.4) is 0 Å². The summed E-state index contributed by atoms with van der Waals surface area (Å²) in [7, 11) is 0. The summed E-state index contributed by atoms with van der Waals surface area (Å²) in [5.74, 6) is 0. The van der Waals surface area contributed by atoms with Gasteiger partial charge in [0.05, 0.1) is 12.0 Å². The van der Waals surface area contributed by atoms with Gasteiger partial charge in [-0.15, -0.1) is 0 Å². The molecule has 1 aromatic carbocycles. The molecule has 1 aromatic heterocycles. The summed E-state index contributed by atoms with van der Waals surface area (Å²) in [5, 5.41) is 0. The topological polar surface area (TPSA) is 28.7 Å². The molecule has 0 amide bonds. The molecule has 1 heterocycles. The van der Waals surface area contributed by atoms with Crippen LogP contribution in [-0.2, 0) is 0 Å². The molecule has 15 heavy (non-hydrogen) atoms. The van der Waals surface area contributed by atoms with Crippen LogP contribution < -0.4 is 0 Å². The van der Waals surface area contributed by atoms with Gasteiger partial charge in [-0.1, -0.05) is 40.3 Å². The molecule has 0 aliphatic heterocycles. The SMILES string of the molecule is Cc1c(-c2ccc(Br)cc2)[nH]cnc1=S. The second kappa shape index (κ2) is 4.24. The fourth-order valence-corrected chi connectivity index (χ4v) is 1.80. The Hall–Kier alpha value is -1.00. The van der Waals surface area contributed by atoms with Gasteiger partial charge in [-0.05, 0) is 24.6 Å². The summed E-state index contributed by atoms with van der Waals surface area (Å²) in [6, 6.07) is 8.09. The van der Waals surface area contributed by atoms with E-state index in [1.165, 1.54) is 0 Å². The predicted octanol–water partition coefficient (Wildman–Crippen LogP) is 3.88. The number of aromatic amines is 1. The quantitative estimate of drug-likeness (QED) is 0.804. The van der Waals surface area contributed by atoms with Gasteiger partial charge in [-0.25, -0.2) is 4.98 Å². The molecule has 0 aliphatic carbocycles. The third-order valence-corrected chi connectivity index (χ3v) is 3.16. The first-order valence-electron chi connectivity index (χ1n) is 4.48. The first-order valence-corrected chi connectivity index (χ1v) is 5.69. The number of nitrogens with one attached hydrogen (secondary N) is 1. The van der Waals surface area contributed by atoms with Crippen LogP contribution in [-0.4, -0.2) is 9.97 Å². The van der Waals surface area contributed by atoms with Crippen molar-refractivity contribution in [3.8, 4) is 11.3 Å². The van der Waals surface area contributed by atoms with Gasteiger partial charge in [0.15, 0.2) is 0 Å². The fourth-order valence-electron chi connectivity index (χ4n) is 1.38. The molecule has 2 aromatic rings. The summed E-state index contributed by atoms with van der Waals surface area (Å²) in [4.78, 5) is 7.15. The Bertz CT molecular complexity index is 531. The number of benzene rings is 1. The molecule has 0 aliphatic rings. The number of hydrogen-bond donors (Lipinski definition) is 1. The average molecular weight is 281 g/mol. The maximum atomic E-state index is 5.13.